The van der Waals surface area contributed by atoms with Crippen LogP contribution in [0.3, 0.4) is 0 Å². The molecule has 0 aliphatic rings. The van der Waals surface area contributed by atoms with Crippen molar-refractivity contribution in [3.8, 4) is 0 Å². The summed E-state index contributed by atoms with van der Waals surface area (Å²) in [5.41, 5.74) is 5.09. The van der Waals surface area contributed by atoms with E-state index in [4.69, 9.17) is 18.0 Å². The van der Waals surface area contributed by atoms with Gasteiger partial charge in [0.2, 0.25) is 5.91 Å². The molecule has 1 amide bonds. The fourth-order valence-electron chi connectivity index (χ4n) is 1.16. The number of amides is 1. The van der Waals surface area contributed by atoms with Gasteiger partial charge in [0, 0.05) is 24.9 Å². The second-order valence-electron chi connectivity index (χ2n) is 4.69. The zero-order valence-corrected chi connectivity index (χ0v) is 10.4. The van der Waals surface area contributed by atoms with Crippen LogP contribution in [0.15, 0.2) is 0 Å². The topological polar surface area (TPSA) is 46.3 Å². The summed E-state index contributed by atoms with van der Waals surface area (Å²) in [5.74, 6) is 0.112. The Kier molecular flexibility index (Phi) is 4.52. The zero-order valence-electron chi connectivity index (χ0n) is 9.63. The van der Waals surface area contributed by atoms with E-state index in [0.29, 0.717) is 11.4 Å². The molecular weight excluding hydrogens is 196 g/mol. The Balaban J connectivity index is 4.39. The first kappa shape index (κ1) is 13.4. The molecule has 1 unspecified atom stereocenters. The maximum Gasteiger partial charge on any atom is 0.227 e. The van der Waals surface area contributed by atoms with Crippen LogP contribution in [0.4, 0.5) is 0 Å². The van der Waals surface area contributed by atoms with Gasteiger partial charge in [-0.05, 0) is 6.92 Å². The second kappa shape index (κ2) is 4.73. The van der Waals surface area contributed by atoms with Gasteiger partial charge in [-0.3, -0.25) is 4.79 Å². The van der Waals surface area contributed by atoms with E-state index in [2.05, 4.69) is 0 Å². The van der Waals surface area contributed by atoms with Crippen molar-refractivity contribution in [1.29, 1.82) is 0 Å². The molecule has 0 saturated carbocycles. The molecule has 1 atom stereocenters. The average Bonchev–Trinajstić information content (AvgIpc) is 1.98. The molecule has 82 valence electrons. The summed E-state index contributed by atoms with van der Waals surface area (Å²) >= 11 is 4.81. The summed E-state index contributed by atoms with van der Waals surface area (Å²) < 4.78 is 0. The number of thiocarbonyl (C=S) groups is 1. The summed E-state index contributed by atoms with van der Waals surface area (Å²) in [6.45, 7) is 7.65. The first-order valence-corrected chi connectivity index (χ1v) is 5.12. The number of hydrogen-bond donors (Lipinski definition) is 1. The first-order chi connectivity index (χ1) is 6.16. The standard InChI is InChI=1S/C10H20N2OS/c1-7(6-8(11)14)12(5)9(13)10(2,3)4/h7H,6H2,1-5H3,(H2,11,14). The summed E-state index contributed by atoms with van der Waals surface area (Å²) in [6, 6.07) is 0.0687. The Morgan fingerprint density at radius 1 is 1.50 bits per heavy atom. The molecule has 0 aromatic carbocycles. The fraction of sp³-hybridized carbons (Fsp3) is 0.800. The van der Waals surface area contributed by atoms with Gasteiger partial charge in [-0.2, -0.15) is 0 Å². The van der Waals surface area contributed by atoms with E-state index in [0.717, 1.165) is 0 Å². The van der Waals surface area contributed by atoms with E-state index in [1.807, 2.05) is 27.7 Å². The molecule has 0 aliphatic carbocycles. The third-order valence-electron chi connectivity index (χ3n) is 2.12. The molecule has 0 heterocycles. The van der Waals surface area contributed by atoms with E-state index >= 15 is 0 Å². The molecule has 4 heteroatoms. The minimum Gasteiger partial charge on any atom is -0.393 e. The van der Waals surface area contributed by atoms with Gasteiger partial charge in [-0.1, -0.05) is 33.0 Å². The van der Waals surface area contributed by atoms with Gasteiger partial charge in [-0.15, -0.1) is 0 Å². The molecule has 14 heavy (non-hydrogen) atoms. The van der Waals surface area contributed by atoms with E-state index in [-0.39, 0.29) is 17.4 Å². The lowest BCUT2D eigenvalue weighted by atomic mass is 9.94. The second-order valence-corrected chi connectivity index (χ2v) is 5.21. The highest BCUT2D eigenvalue weighted by Crippen LogP contribution is 2.18. The van der Waals surface area contributed by atoms with Gasteiger partial charge >= 0.3 is 0 Å². The predicted octanol–water partition coefficient (Wildman–Crippen LogP) is 1.56. The minimum atomic E-state index is -0.348. The Hall–Kier alpha value is -0.640. The van der Waals surface area contributed by atoms with Gasteiger partial charge < -0.3 is 10.6 Å². The van der Waals surface area contributed by atoms with Crippen molar-refractivity contribution in [3.05, 3.63) is 0 Å². The number of carbonyl (C=O) groups is 1. The molecule has 0 fully saturated rings. The smallest absolute Gasteiger partial charge is 0.227 e. The Bertz CT molecular complexity index is 233. The monoisotopic (exact) mass is 216 g/mol. The zero-order chi connectivity index (χ0) is 11.5. The van der Waals surface area contributed by atoms with Gasteiger partial charge in [0.1, 0.15) is 0 Å². The van der Waals surface area contributed by atoms with Crippen LogP contribution in [0.25, 0.3) is 0 Å². The molecule has 0 saturated heterocycles. The van der Waals surface area contributed by atoms with Crippen LogP contribution in [0.2, 0.25) is 0 Å². The van der Waals surface area contributed by atoms with Gasteiger partial charge in [0.25, 0.3) is 0 Å². The predicted molar refractivity (Wildman–Crippen MR) is 63.1 cm³/mol. The molecule has 3 nitrogen and oxygen atoms in total. The van der Waals surface area contributed by atoms with Gasteiger partial charge in [0.05, 0.1) is 4.99 Å². The number of nitrogens with zero attached hydrogens (tertiary/aromatic N) is 1. The summed E-state index contributed by atoms with van der Waals surface area (Å²) in [7, 11) is 1.79. The largest absolute Gasteiger partial charge is 0.393 e. The van der Waals surface area contributed by atoms with Crippen LogP contribution in [-0.2, 0) is 4.79 Å². The van der Waals surface area contributed by atoms with Crippen LogP contribution in [0.1, 0.15) is 34.1 Å². The Labute approximate surface area is 91.6 Å². The average molecular weight is 216 g/mol. The van der Waals surface area contributed by atoms with Crippen molar-refractivity contribution in [1.82, 2.24) is 4.90 Å². The first-order valence-electron chi connectivity index (χ1n) is 4.72. The maximum atomic E-state index is 11.8. The summed E-state index contributed by atoms with van der Waals surface area (Å²) in [6.07, 6.45) is 0.577. The van der Waals surface area contributed by atoms with Crippen molar-refractivity contribution < 1.29 is 4.79 Å². The highest BCUT2D eigenvalue weighted by Gasteiger charge is 2.27. The molecule has 0 spiro atoms. The lowest BCUT2D eigenvalue weighted by molar-refractivity contribution is -0.139. The molecule has 0 aliphatic heterocycles. The summed E-state index contributed by atoms with van der Waals surface area (Å²) in [4.78, 5) is 14.0. The van der Waals surface area contributed by atoms with Crippen LogP contribution in [0, 0.1) is 5.41 Å². The number of nitrogens with two attached hydrogens (primary N) is 1. The molecule has 0 aromatic heterocycles. The quantitative estimate of drug-likeness (QED) is 0.728. The van der Waals surface area contributed by atoms with E-state index in [9.17, 15) is 4.79 Å². The SMILES string of the molecule is CC(CC(N)=S)N(C)C(=O)C(C)(C)C. The minimum absolute atomic E-state index is 0.0687. The van der Waals surface area contributed by atoms with Crippen molar-refractivity contribution in [2.45, 2.75) is 40.2 Å². The van der Waals surface area contributed by atoms with Crippen LogP contribution in [-0.4, -0.2) is 28.9 Å². The maximum absolute atomic E-state index is 11.8. The van der Waals surface area contributed by atoms with E-state index < -0.39 is 0 Å². The molecule has 0 radical (unpaired) electrons. The van der Waals surface area contributed by atoms with Crippen molar-refractivity contribution in [2.75, 3.05) is 7.05 Å². The van der Waals surface area contributed by atoms with Crippen LogP contribution >= 0.6 is 12.2 Å². The van der Waals surface area contributed by atoms with Gasteiger partial charge in [0.15, 0.2) is 0 Å². The van der Waals surface area contributed by atoms with Crippen LogP contribution in [0.5, 0.6) is 0 Å². The summed E-state index contributed by atoms with van der Waals surface area (Å²) in [5, 5.41) is 0. The van der Waals surface area contributed by atoms with Gasteiger partial charge in [-0.25, -0.2) is 0 Å². The highest BCUT2D eigenvalue weighted by atomic mass is 32.1. The van der Waals surface area contributed by atoms with Crippen molar-refractivity contribution in [3.63, 3.8) is 0 Å². The molecule has 0 rings (SSSR count). The van der Waals surface area contributed by atoms with Crippen LogP contribution < -0.4 is 5.73 Å². The van der Waals surface area contributed by atoms with Crippen molar-refractivity contribution >= 4 is 23.1 Å². The highest BCUT2D eigenvalue weighted by molar-refractivity contribution is 7.80. The third-order valence-corrected chi connectivity index (χ3v) is 2.29. The third kappa shape index (κ3) is 4.05. The molecule has 2 N–H and O–H groups in total. The Morgan fingerprint density at radius 2 is 1.93 bits per heavy atom. The Morgan fingerprint density at radius 3 is 2.21 bits per heavy atom. The number of hydrogen-bond acceptors (Lipinski definition) is 2. The fourth-order valence-corrected chi connectivity index (χ4v) is 1.40. The van der Waals surface area contributed by atoms with E-state index in [1.165, 1.54) is 0 Å². The van der Waals surface area contributed by atoms with E-state index in [1.54, 1.807) is 11.9 Å². The lowest BCUT2D eigenvalue weighted by Gasteiger charge is -2.30. The number of rotatable bonds is 3. The normalized spacial score (nSPS) is 13.5. The molecule has 0 aromatic rings. The molecular formula is C10H20N2OS. The lowest BCUT2D eigenvalue weighted by Crippen LogP contribution is -2.43. The number of carbonyl (C=O) groups excluding carboxylic acids is 1. The molecule has 0 bridgehead atoms. The van der Waals surface area contributed by atoms with Crippen molar-refractivity contribution in [2.24, 2.45) is 11.1 Å².